The predicted molar refractivity (Wildman–Crippen MR) is 168 cm³/mol. The molecule has 6 rings (SSSR count). The summed E-state index contributed by atoms with van der Waals surface area (Å²) < 4.78 is 0. The maximum Gasteiger partial charge on any atom is 0.135 e. The largest absolute Gasteiger partial charge is 0.365 e. The molecule has 1 unspecified atom stereocenters. The van der Waals surface area contributed by atoms with Gasteiger partial charge in [0.05, 0.1) is 24.7 Å². The molecule has 41 heavy (non-hydrogen) atoms. The van der Waals surface area contributed by atoms with Gasteiger partial charge in [-0.3, -0.25) is 4.90 Å². The molecule has 2 saturated heterocycles. The smallest absolute Gasteiger partial charge is 0.135 e. The number of aryl methyl sites for hydroxylation is 2. The summed E-state index contributed by atoms with van der Waals surface area (Å²) in [6, 6.07) is 16.4. The summed E-state index contributed by atoms with van der Waals surface area (Å²) >= 11 is 0. The lowest BCUT2D eigenvalue weighted by molar-refractivity contribution is 0.275. The van der Waals surface area contributed by atoms with Crippen LogP contribution in [0.15, 0.2) is 36.4 Å². The lowest BCUT2D eigenvalue weighted by Crippen LogP contribution is -2.51. The minimum atomic E-state index is 0.198. The Labute approximate surface area is 245 Å². The van der Waals surface area contributed by atoms with Gasteiger partial charge in [0.25, 0.3) is 0 Å². The number of aromatic nitrogens is 2. The molecular weight excluding hydrogens is 506 g/mol. The van der Waals surface area contributed by atoms with E-state index in [9.17, 15) is 0 Å². The number of nitriles is 1. The minimum absolute atomic E-state index is 0.198. The highest BCUT2D eigenvalue weighted by Gasteiger charge is 2.28. The van der Waals surface area contributed by atoms with E-state index in [0.717, 1.165) is 75.5 Å². The molecule has 4 heterocycles. The lowest BCUT2D eigenvalue weighted by Gasteiger charge is -2.37. The fourth-order valence-corrected chi connectivity index (χ4v) is 6.57. The number of fused-ring (bicyclic) bond motifs is 2. The van der Waals surface area contributed by atoms with E-state index in [-0.39, 0.29) is 6.04 Å². The third-order valence-corrected chi connectivity index (χ3v) is 8.71. The van der Waals surface area contributed by atoms with Gasteiger partial charge in [-0.15, -0.1) is 12.3 Å². The Morgan fingerprint density at radius 2 is 1.90 bits per heavy atom. The highest BCUT2D eigenvalue weighted by molar-refractivity contribution is 5.97. The summed E-state index contributed by atoms with van der Waals surface area (Å²) in [6.45, 7) is 13.2. The Kier molecular flexibility index (Phi) is 9.39. The van der Waals surface area contributed by atoms with Gasteiger partial charge in [0, 0.05) is 67.9 Å². The first kappa shape index (κ1) is 28.9. The van der Waals surface area contributed by atoms with Gasteiger partial charge in [-0.1, -0.05) is 30.3 Å². The van der Waals surface area contributed by atoms with Crippen molar-refractivity contribution in [1.29, 1.82) is 5.26 Å². The van der Waals surface area contributed by atoms with Gasteiger partial charge in [-0.2, -0.15) is 5.26 Å². The van der Waals surface area contributed by atoms with Gasteiger partial charge in [0.15, 0.2) is 0 Å². The van der Waals surface area contributed by atoms with Gasteiger partial charge in [-0.25, -0.2) is 9.97 Å². The SMILES string of the molecule is C#CCCN1CCC[C@H]1C.Cc1nc2c(c(N3CCNC(CC#N)C3)n1)CCN(c1cccc3cccc(C)c13)C2. The Balaban J connectivity index is 0.000000287. The van der Waals surface area contributed by atoms with Crippen molar-refractivity contribution in [3.8, 4) is 18.4 Å². The molecule has 1 aromatic heterocycles. The van der Waals surface area contributed by atoms with Crippen LogP contribution in [-0.4, -0.2) is 66.2 Å². The van der Waals surface area contributed by atoms with Gasteiger partial charge < -0.3 is 15.1 Å². The number of likely N-dealkylation sites (tertiary alicyclic amines) is 1. The lowest BCUT2D eigenvalue weighted by atomic mass is 9.99. The Bertz CT molecular complexity index is 1430. The molecule has 0 radical (unpaired) electrons. The van der Waals surface area contributed by atoms with E-state index in [1.807, 2.05) is 6.92 Å². The molecule has 7 heteroatoms. The zero-order chi connectivity index (χ0) is 28.8. The van der Waals surface area contributed by atoms with Crippen LogP contribution in [0.4, 0.5) is 11.5 Å². The number of hydrogen-bond acceptors (Lipinski definition) is 7. The highest BCUT2D eigenvalue weighted by Crippen LogP contribution is 2.34. The van der Waals surface area contributed by atoms with Gasteiger partial charge in [-0.05, 0) is 63.6 Å². The second-order valence-electron chi connectivity index (χ2n) is 11.6. The van der Waals surface area contributed by atoms with E-state index in [0.29, 0.717) is 6.42 Å². The normalized spacial score (nSPS) is 20.6. The number of anilines is 2. The van der Waals surface area contributed by atoms with Crippen LogP contribution < -0.4 is 15.1 Å². The minimum Gasteiger partial charge on any atom is -0.365 e. The number of piperazine rings is 1. The summed E-state index contributed by atoms with van der Waals surface area (Å²) in [7, 11) is 0. The average molecular weight is 550 g/mol. The Morgan fingerprint density at radius 3 is 2.66 bits per heavy atom. The summed E-state index contributed by atoms with van der Waals surface area (Å²) in [6.07, 6.45) is 10.2. The predicted octanol–water partition coefficient (Wildman–Crippen LogP) is 5.00. The first-order valence-corrected chi connectivity index (χ1v) is 15.1. The van der Waals surface area contributed by atoms with Crippen molar-refractivity contribution in [2.24, 2.45) is 0 Å². The molecule has 3 aromatic rings. The van der Waals surface area contributed by atoms with Crippen molar-refractivity contribution in [1.82, 2.24) is 20.2 Å². The molecule has 2 atom stereocenters. The Morgan fingerprint density at radius 1 is 1.07 bits per heavy atom. The van der Waals surface area contributed by atoms with Crippen LogP contribution in [-0.2, 0) is 13.0 Å². The summed E-state index contributed by atoms with van der Waals surface area (Å²) in [5.74, 6) is 4.56. The molecule has 3 aliphatic rings. The first-order chi connectivity index (χ1) is 20.0. The van der Waals surface area contributed by atoms with Crippen molar-refractivity contribution in [2.75, 3.05) is 49.1 Å². The number of nitrogens with zero attached hydrogens (tertiary/aromatic N) is 6. The molecule has 0 bridgehead atoms. The quantitative estimate of drug-likeness (QED) is 0.450. The van der Waals surface area contributed by atoms with E-state index in [1.165, 1.54) is 47.0 Å². The monoisotopic (exact) mass is 549 g/mol. The summed E-state index contributed by atoms with van der Waals surface area (Å²) in [5, 5.41) is 15.2. The third kappa shape index (κ3) is 6.64. The summed E-state index contributed by atoms with van der Waals surface area (Å²) in [4.78, 5) is 17.0. The number of terminal acetylenes is 1. The average Bonchev–Trinajstić information content (AvgIpc) is 3.40. The molecule has 0 amide bonds. The number of benzene rings is 2. The first-order valence-electron chi connectivity index (χ1n) is 15.1. The van der Waals surface area contributed by atoms with Crippen LogP contribution >= 0.6 is 0 Å². The van der Waals surface area contributed by atoms with Gasteiger partial charge in [0.1, 0.15) is 11.6 Å². The van der Waals surface area contributed by atoms with E-state index >= 15 is 0 Å². The molecule has 3 aliphatic heterocycles. The molecule has 2 fully saturated rings. The van der Waals surface area contributed by atoms with Crippen LogP contribution in [0.2, 0.25) is 0 Å². The van der Waals surface area contributed by atoms with E-state index < -0.39 is 0 Å². The number of nitrogens with one attached hydrogen (secondary N) is 1. The molecule has 1 N–H and O–H groups in total. The van der Waals surface area contributed by atoms with Gasteiger partial charge >= 0.3 is 0 Å². The molecule has 0 spiro atoms. The molecule has 214 valence electrons. The van der Waals surface area contributed by atoms with E-state index in [2.05, 4.69) is 82.3 Å². The highest BCUT2D eigenvalue weighted by atomic mass is 15.3. The van der Waals surface area contributed by atoms with Crippen LogP contribution in [0.3, 0.4) is 0 Å². The third-order valence-electron chi connectivity index (χ3n) is 8.71. The number of hydrogen-bond donors (Lipinski definition) is 1. The van der Waals surface area contributed by atoms with Crippen molar-refractivity contribution >= 4 is 22.3 Å². The van der Waals surface area contributed by atoms with Crippen LogP contribution in [0.1, 0.15) is 55.3 Å². The molecule has 0 aliphatic carbocycles. The van der Waals surface area contributed by atoms with Crippen LogP contribution in [0.5, 0.6) is 0 Å². The van der Waals surface area contributed by atoms with Crippen LogP contribution in [0, 0.1) is 37.5 Å². The maximum absolute atomic E-state index is 9.10. The fraction of sp³-hybridized carbons (Fsp3) is 0.500. The fourth-order valence-electron chi connectivity index (χ4n) is 6.57. The van der Waals surface area contributed by atoms with Crippen LogP contribution in [0.25, 0.3) is 10.8 Å². The zero-order valence-corrected chi connectivity index (χ0v) is 24.9. The zero-order valence-electron chi connectivity index (χ0n) is 24.9. The number of rotatable bonds is 5. The molecular formula is C34H43N7. The van der Waals surface area contributed by atoms with Crippen molar-refractivity contribution in [2.45, 2.75) is 71.5 Å². The molecule has 0 saturated carbocycles. The van der Waals surface area contributed by atoms with E-state index in [1.54, 1.807) is 0 Å². The molecule has 2 aromatic carbocycles. The second-order valence-corrected chi connectivity index (χ2v) is 11.6. The Hall–Kier alpha value is -3.65. The van der Waals surface area contributed by atoms with Crippen molar-refractivity contribution in [3.63, 3.8) is 0 Å². The van der Waals surface area contributed by atoms with Crippen molar-refractivity contribution < 1.29 is 0 Å². The van der Waals surface area contributed by atoms with Gasteiger partial charge in [0.2, 0.25) is 0 Å². The standard InChI is InChI=1S/C25H28N6.C9H15N/c1-17-5-3-6-19-7-4-8-23(24(17)19)30-13-10-21-22(16-30)28-18(2)29-25(21)31-14-12-27-20(15-31)9-11-26;1-3-4-7-10-8-5-6-9(10)2/h3-8,20,27H,9-10,12-16H2,1-2H3;1,9H,4-8H2,2H3/t;9-/m.1/s1. The van der Waals surface area contributed by atoms with E-state index in [4.69, 9.17) is 21.7 Å². The summed E-state index contributed by atoms with van der Waals surface area (Å²) in [5.41, 5.74) is 5.00. The topological polar surface area (TPSA) is 71.3 Å². The second kappa shape index (κ2) is 13.3. The maximum atomic E-state index is 9.10. The van der Waals surface area contributed by atoms with Crippen molar-refractivity contribution in [3.05, 3.63) is 59.0 Å². The molecule has 7 nitrogen and oxygen atoms in total.